The Balaban J connectivity index is 1.55. The zero-order chi connectivity index (χ0) is 21.3. The molecule has 0 N–H and O–H groups in total. The molecule has 0 nitrogen and oxygen atoms in total. The van der Waals surface area contributed by atoms with Gasteiger partial charge < -0.3 is 0 Å². The molecule has 30 heavy (non-hydrogen) atoms. The predicted octanol–water partition coefficient (Wildman–Crippen LogP) is 8.53. The summed E-state index contributed by atoms with van der Waals surface area (Å²) < 4.78 is 55.5. The lowest BCUT2D eigenvalue weighted by Gasteiger charge is -2.29. The van der Waals surface area contributed by atoms with Crippen LogP contribution in [0.3, 0.4) is 0 Å². The maximum absolute atomic E-state index is 14.5. The Morgan fingerprint density at radius 3 is 2.13 bits per heavy atom. The Morgan fingerprint density at radius 1 is 0.767 bits per heavy atom. The third-order valence-electron chi connectivity index (χ3n) is 6.55. The van der Waals surface area contributed by atoms with Crippen LogP contribution in [0.4, 0.5) is 17.6 Å². The van der Waals surface area contributed by atoms with Crippen molar-refractivity contribution >= 4 is 10.8 Å². The largest absolute Gasteiger partial charge is 0.206 e. The van der Waals surface area contributed by atoms with Gasteiger partial charge in [-0.05, 0) is 77.8 Å². The number of rotatable bonds is 5. The molecule has 1 aliphatic rings. The Hall–Kier alpha value is -2.36. The fourth-order valence-electron chi connectivity index (χ4n) is 4.78. The molecular weight excluding hydrogens is 388 g/mol. The summed E-state index contributed by atoms with van der Waals surface area (Å²) in [6.45, 7) is 2.24. The number of benzene rings is 3. The van der Waals surface area contributed by atoms with E-state index in [4.69, 9.17) is 0 Å². The predicted molar refractivity (Wildman–Crippen MR) is 113 cm³/mol. The first-order valence-electron chi connectivity index (χ1n) is 10.8. The van der Waals surface area contributed by atoms with Gasteiger partial charge >= 0.3 is 0 Å². The van der Waals surface area contributed by atoms with Crippen LogP contribution in [0, 0.1) is 29.2 Å². The maximum atomic E-state index is 14.5. The molecule has 0 bridgehead atoms. The normalized spacial score (nSPS) is 19.4. The number of halogens is 4. The fourth-order valence-corrected chi connectivity index (χ4v) is 4.78. The molecule has 3 aromatic rings. The quantitative estimate of drug-likeness (QED) is 0.290. The molecule has 0 aliphatic heterocycles. The van der Waals surface area contributed by atoms with E-state index in [2.05, 4.69) is 19.1 Å². The lowest BCUT2D eigenvalue weighted by Crippen LogP contribution is -2.13. The summed E-state index contributed by atoms with van der Waals surface area (Å²) >= 11 is 0. The molecule has 0 heterocycles. The van der Waals surface area contributed by atoms with E-state index in [9.17, 15) is 17.6 Å². The Morgan fingerprint density at radius 2 is 1.47 bits per heavy atom. The molecule has 4 heteroatoms. The Labute approximate surface area is 174 Å². The average molecular weight is 414 g/mol. The van der Waals surface area contributed by atoms with Gasteiger partial charge in [0.05, 0.1) is 5.39 Å². The van der Waals surface area contributed by atoms with E-state index in [1.165, 1.54) is 62.6 Å². The van der Waals surface area contributed by atoms with Crippen LogP contribution < -0.4 is 0 Å². The second-order valence-electron chi connectivity index (χ2n) is 8.52. The molecule has 4 rings (SSSR count). The van der Waals surface area contributed by atoms with Crippen LogP contribution >= 0.6 is 0 Å². The van der Waals surface area contributed by atoms with Crippen LogP contribution in [0.5, 0.6) is 0 Å². The van der Waals surface area contributed by atoms with E-state index >= 15 is 0 Å². The van der Waals surface area contributed by atoms with Crippen molar-refractivity contribution in [1.29, 1.82) is 0 Å². The number of fused-ring (bicyclic) bond motifs is 1. The highest BCUT2D eigenvalue weighted by atomic mass is 19.2. The smallest absolute Gasteiger partial charge is 0.195 e. The van der Waals surface area contributed by atoms with Crippen LogP contribution in [-0.4, -0.2) is 0 Å². The molecule has 0 atom stereocenters. The van der Waals surface area contributed by atoms with E-state index in [0.29, 0.717) is 11.5 Å². The molecule has 0 spiro atoms. The van der Waals surface area contributed by atoms with Gasteiger partial charge in [0.25, 0.3) is 0 Å². The number of unbranched alkanes of at least 4 members (excludes halogenated alkanes) is 1. The molecule has 0 radical (unpaired) electrons. The summed E-state index contributed by atoms with van der Waals surface area (Å²) in [5.74, 6) is -3.94. The lowest BCUT2D eigenvalue weighted by molar-refractivity contribution is 0.304. The highest BCUT2D eigenvalue weighted by Crippen LogP contribution is 2.38. The van der Waals surface area contributed by atoms with Crippen LogP contribution in [0.2, 0.25) is 0 Å². The van der Waals surface area contributed by atoms with Crippen LogP contribution in [0.25, 0.3) is 21.9 Å². The zero-order valence-corrected chi connectivity index (χ0v) is 17.2. The molecule has 158 valence electrons. The first-order chi connectivity index (χ1) is 14.5. The molecule has 0 aromatic heterocycles. The molecule has 0 unspecified atom stereocenters. The molecule has 0 amide bonds. The highest BCUT2D eigenvalue weighted by molar-refractivity contribution is 5.88. The van der Waals surface area contributed by atoms with E-state index in [0.717, 1.165) is 17.5 Å². The number of hydrogen-bond donors (Lipinski definition) is 0. The van der Waals surface area contributed by atoms with Gasteiger partial charge in [0.1, 0.15) is 5.82 Å². The van der Waals surface area contributed by atoms with Crippen LogP contribution in [0.1, 0.15) is 63.4 Å². The summed E-state index contributed by atoms with van der Waals surface area (Å²) in [6, 6.07) is 11.5. The van der Waals surface area contributed by atoms with Crippen molar-refractivity contribution in [2.24, 2.45) is 5.92 Å². The van der Waals surface area contributed by atoms with Crippen molar-refractivity contribution in [3.8, 4) is 11.1 Å². The molecule has 1 aliphatic carbocycles. The van der Waals surface area contributed by atoms with Gasteiger partial charge in [-0.3, -0.25) is 0 Å². The van der Waals surface area contributed by atoms with Crippen molar-refractivity contribution in [3.05, 3.63) is 71.3 Å². The first kappa shape index (κ1) is 20.9. The first-order valence-corrected chi connectivity index (χ1v) is 10.8. The van der Waals surface area contributed by atoms with E-state index in [1.807, 2.05) is 12.1 Å². The molecule has 1 fully saturated rings. The second-order valence-corrected chi connectivity index (χ2v) is 8.52. The third kappa shape index (κ3) is 4.10. The summed E-state index contributed by atoms with van der Waals surface area (Å²) in [5, 5.41) is -0.509. The van der Waals surface area contributed by atoms with Crippen LogP contribution in [0.15, 0.2) is 42.5 Å². The Kier molecular flexibility index (Phi) is 6.12. The molecular formula is C26H26F4. The topological polar surface area (TPSA) is 0 Å². The van der Waals surface area contributed by atoms with E-state index < -0.39 is 28.7 Å². The lowest BCUT2D eigenvalue weighted by atomic mass is 9.77. The van der Waals surface area contributed by atoms with Crippen molar-refractivity contribution < 1.29 is 17.6 Å². The fraction of sp³-hybridized carbons (Fsp3) is 0.385. The minimum Gasteiger partial charge on any atom is -0.206 e. The van der Waals surface area contributed by atoms with Gasteiger partial charge in [0.15, 0.2) is 17.5 Å². The van der Waals surface area contributed by atoms with Gasteiger partial charge in [0.2, 0.25) is 0 Å². The van der Waals surface area contributed by atoms with Crippen molar-refractivity contribution in [2.45, 2.75) is 57.8 Å². The van der Waals surface area contributed by atoms with E-state index in [1.54, 1.807) is 0 Å². The van der Waals surface area contributed by atoms with Crippen molar-refractivity contribution in [2.75, 3.05) is 0 Å². The van der Waals surface area contributed by atoms with Gasteiger partial charge in [-0.25, -0.2) is 17.6 Å². The third-order valence-corrected chi connectivity index (χ3v) is 6.55. The summed E-state index contributed by atoms with van der Waals surface area (Å²) in [5.41, 5.74) is 2.56. The highest BCUT2D eigenvalue weighted by Gasteiger charge is 2.22. The van der Waals surface area contributed by atoms with E-state index in [-0.39, 0.29) is 5.39 Å². The monoisotopic (exact) mass is 414 g/mol. The van der Waals surface area contributed by atoms with Crippen LogP contribution in [-0.2, 0) is 0 Å². The van der Waals surface area contributed by atoms with Gasteiger partial charge in [-0.1, -0.05) is 50.5 Å². The zero-order valence-electron chi connectivity index (χ0n) is 17.2. The van der Waals surface area contributed by atoms with Crippen molar-refractivity contribution in [3.63, 3.8) is 0 Å². The minimum absolute atomic E-state index is 0.0101. The van der Waals surface area contributed by atoms with Gasteiger partial charge in [0, 0.05) is 0 Å². The second kappa shape index (κ2) is 8.79. The molecule has 0 saturated heterocycles. The molecule has 3 aromatic carbocycles. The minimum atomic E-state index is -1.65. The number of hydrogen-bond acceptors (Lipinski definition) is 0. The molecule has 1 saturated carbocycles. The van der Waals surface area contributed by atoms with Crippen molar-refractivity contribution in [1.82, 2.24) is 0 Å². The SMILES string of the molecule is CCCCC1CCC(c2ccc(-c3cc(F)c4c(F)c(F)c(F)cc4c3)cc2)CC1. The summed E-state index contributed by atoms with van der Waals surface area (Å²) in [7, 11) is 0. The summed E-state index contributed by atoms with van der Waals surface area (Å²) in [4.78, 5) is 0. The van der Waals surface area contributed by atoms with Gasteiger partial charge in [-0.15, -0.1) is 0 Å². The van der Waals surface area contributed by atoms with Gasteiger partial charge in [-0.2, -0.15) is 0 Å². The average Bonchev–Trinajstić information content (AvgIpc) is 2.76. The standard InChI is InChI=1S/C26H26F4/c1-2-3-4-16-5-7-17(8-6-16)18-9-11-19(12-10-18)20-13-21-15-23(28)25(29)26(30)24(21)22(27)14-20/h9-17H,2-8H2,1H3. The maximum Gasteiger partial charge on any atom is 0.195 e. The summed E-state index contributed by atoms with van der Waals surface area (Å²) in [6.07, 6.45) is 8.84. The Bertz CT molecular complexity index is 1030.